The first-order valence-corrected chi connectivity index (χ1v) is 6.14. The molecule has 96 valence electrons. The van der Waals surface area contributed by atoms with E-state index in [4.69, 9.17) is 10.5 Å². The zero-order valence-corrected chi connectivity index (χ0v) is 11.0. The van der Waals surface area contributed by atoms with E-state index < -0.39 is 0 Å². The van der Waals surface area contributed by atoms with Gasteiger partial charge in [-0.1, -0.05) is 18.2 Å². The summed E-state index contributed by atoms with van der Waals surface area (Å²) in [6, 6.07) is 7.96. The average Bonchev–Trinajstić information content (AvgIpc) is 2.76. The molecule has 1 aromatic heterocycles. The molecule has 0 fully saturated rings. The fourth-order valence-electron chi connectivity index (χ4n) is 1.85. The maximum atomic E-state index is 5.97. The van der Waals surface area contributed by atoms with E-state index in [0.29, 0.717) is 0 Å². The van der Waals surface area contributed by atoms with Gasteiger partial charge in [0.2, 0.25) is 0 Å². The van der Waals surface area contributed by atoms with Gasteiger partial charge in [-0.3, -0.25) is 0 Å². The number of rotatable bonds is 4. The summed E-state index contributed by atoms with van der Waals surface area (Å²) >= 11 is 0. The van der Waals surface area contributed by atoms with Gasteiger partial charge in [0, 0.05) is 6.04 Å². The standard InChI is InChI=1S/C14H19N3O/c1-10(2)18-12-8-16-17(9-12)14-7-5-4-6-13(14)11(3)15/h4-11H,15H2,1-3H3/t11-/m0/s1. The van der Waals surface area contributed by atoms with Crippen LogP contribution in [0.25, 0.3) is 5.69 Å². The summed E-state index contributed by atoms with van der Waals surface area (Å²) < 4.78 is 7.40. The van der Waals surface area contributed by atoms with Crippen LogP contribution >= 0.6 is 0 Å². The Morgan fingerprint density at radius 2 is 1.94 bits per heavy atom. The van der Waals surface area contributed by atoms with Gasteiger partial charge in [-0.15, -0.1) is 0 Å². The third kappa shape index (κ3) is 2.71. The molecule has 0 aliphatic rings. The molecule has 0 saturated carbocycles. The Bertz CT molecular complexity index is 517. The van der Waals surface area contributed by atoms with Crippen LogP contribution in [0.5, 0.6) is 5.75 Å². The second kappa shape index (κ2) is 5.23. The highest BCUT2D eigenvalue weighted by Crippen LogP contribution is 2.21. The van der Waals surface area contributed by atoms with E-state index in [2.05, 4.69) is 5.10 Å². The van der Waals surface area contributed by atoms with E-state index in [-0.39, 0.29) is 12.1 Å². The zero-order chi connectivity index (χ0) is 13.1. The lowest BCUT2D eigenvalue weighted by atomic mass is 10.1. The van der Waals surface area contributed by atoms with Gasteiger partial charge in [0.25, 0.3) is 0 Å². The van der Waals surface area contributed by atoms with Crippen molar-refractivity contribution in [1.82, 2.24) is 9.78 Å². The molecule has 0 radical (unpaired) electrons. The molecule has 1 atom stereocenters. The van der Waals surface area contributed by atoms with Crippen molar-refractivity contribution in [2.75, 3.05) is 0 Å². The minimum atomic E-state index is -0.0279. The monoisotopic (exact) mass is 245 g/mol. The highest BCUT2D eigenvalue weighted by atomic mass is 16.5. The van der Waals surface area contributed by atoms with E-state index in [1.165, 1.54) is 0 Å². The summed E-state index contributed by atoms with van der Waals surface area (Å²) in [5, 5.41) is 4.32. The molecule has 0 amide bonds. The number of ether oxygens (including phenoxy) is 1. The second-order valence-corrected chi connectivity index (χ2v) is 4.63. The molecule has 4 heteroatoms. The van der Waals surface area contributed by atoms with Gasteiger partial charge in [-0.05, 0) is 32.4 Å². The van der Waals surface area contributed by atoms with E-state index >= 15 is 0 Å². The summed E-state index contributed by atoms with van der Waals surface area (Å²) in [7, 11) is 0. The van der Waals surface area contributed by atoms with Gasteiger partial charge in [-0.25, -0.2) is 4.68 Å². The highest BCUT2D eigenvalue weighted by Gasteiger charge is 2.10. The molecule has 4 nitrogen and oxygen atoms in total. The van der Waals surface area contributed by atoms with Crippen molar-refractivity contribution in [3.8, 4) is 11.4 Å². The Morgan fingerprint density at radius 1 is 1.22 bits per heavy atom. The maximum Gasteiger partial charge on any atom is 0.158 e. The van der Waals surface area contributed by atoms with Crippen molar-refractivity contribution in [2.45, 2.75) is 32.9 Å². The largest absolute Gasteiger partial charge is 0.488 e. The zero-order valence-electron chi connectivity index (χ0n) is 11.0. The Labute approximate surface area is 107 Å². The summed E-state index contributed by atoms with van der Waals surface area (Å²) in [5.74, 6) is 0.768. The molecule has 0 unspecified atom stereocenters. The molecule has 0 bridgehead atoms. The van der Waals surface area contributed by atoms with Crippen LogP contribution in [-0.2, 0) is 0 Å². The maximum absolute atomic E-state index is 5.97. The fraction of sp³-hybridized carbons (Fsp3) is 0.357. The third-order valence-corrected chi connectivity index (χ3v) is 2.60. The van der Waals surface area contributed by atoms with Crippen molar-refractivity contribution >= 4 is 0 Å². The van der Waals surface area contributed by atoms with Crippen molar-refractivity contribution in [3.63, 3.8) is 0 Å². The number of hydrogen-bond acceptors (Lipinski definition) is 3. The van der Waals surface area contributed by atoms with E-state index in [0.717, 1.165) is 17.0 Å². The van der Waals surface area contributed by atoms with Crippen LogP contribution in [0.1, 0.15) is 32.4 Å². The molecule has 18 heavy (non-hydrogen) atoms. The lowest BCUT2D eigenvalue weighted by Gasteiger charge is -2.12. The van der Waals surface area contributed by atoms with Crippen molar-refractivity contribution in [1.29, 1.82) is 0 Å². The van der Waals surface area contributed by atoms with Crippen molar-refractivity contribution in [3.05, 3.63) is 42.2 Å². The van der Waals surface area contributed by atoms with Crippen molar-refractivity contribution in [2.24, 2.45) is 5.73 Å². The van der Waals surface area contributed by atoms with Gasteiger partial charge in [-0.2, -0.15) is 5.10 Å². The Hall–Kier alpha value is -1.81. The first-order chi connectivity index (χ1) is 8.58. The number of nitrogens with two attached hydrogens (primary N) is 1. The Morgan fingerprint density at radius 3 is 2.61 bits per heavy atom. The minimum Gasteiger partial charge on any atom is -0.488 e. The highest BCUT2D eigenvalue weighted by molar-refractivity contribution is 5.42. The topological polar surface area (TPSA) is 53.1 Å². The van der Waals surface area contributed by atoms with Gasteiger partial charge < -0.3 is 10.5 Å². The number of para-hydroxylation sites is 1. The molecule has 2 aromatic rings. The van der Waals surface area contributed by atoms with E-state index in [1.807, 2.05) is 51.2 Å². The molecule has 2 rings (SSSR count). The van der Waals surface area contributed by atoms with Gasteiger partial charge >= 0.3 is 0 Å². The molecule has 1 aromatic carbocycles. The van der Waals surface area contributed by atoms with E-state index in [9.17, 15) is 0 Å². The van der Waals surface area contributed by atoms with Crippen LogP contribution < -0.4 is 10.5 Å². The van der Waals surface area contributed by atoms with Crippen LogP contribution in [0.2, 0.25) is 0 Å². The molecule has 0 spiro atoms. The molecule has 2 N–H and O–H groups in total. The third-order valence-electron chi connectivity index (χ3n) is 2.60. The molecule has 1 heterocycles. The summed E-state index contributed by atoms with van der Waals surface area (Å²) in [6.07, 6.45) is 3.74. The first kappa shape index (κ1) is 12.6. The molecular formula is C14H19N3O. The molecule has 0 aliphatic carbocycles. The van der Waals surface area contributed by atoms with Crippen LogP contribution in [0, 0.1) is 0 Å². The van der Waals surface area contributed by atoms with Gasteiger partial charge in [0.15, 0.2) is 5.75 Å². The Kier molecular flexibility index (Phi) is 3.67. The summed E-state index contributed by atoms with van der Waals surface area (Å²) in [4.78, 5) is 0. The quantitative estimate of drug-likeness (QED) is 0.901. The van der Waals surface area contributed by atoms with Crippen LogP contribution in [0.4, 0.5) is 0 Å². The average molecular weight is 245 g/mol. The SMILES string of the molecule is CC(C)Oc1cnn(-c2ccccc2[C@H](C)N)c1. The number of aromatic nitrogens is 2. The van der Waals surface area contributed by atoms with Crippen LogP contribution in [0.3, 0.4) is 0 Å². The normalized spacial score (nSPS) is 12.7. The number of nitrogens with zero attached hydrogens (tertiary/aromatic N) is 2. The Balaban J connectivity index is 2.34. The summed E-state index contributed by atoms with van der Waals surface area (Å²) in [6.45, 7) is 5.95. The van der Waals surface area contributed by atoms with Crippen LogP contribution in [0.15, 0.2) is 36.7 Å². The second-order valence-electron chi connectivity index (χ2n) is 4.63. The van der Waals surface area contributed by atoms with E-state index in [1.54, 1.807) is 10.9 Å². The predicted molar refractivity (Wildman–Crippen MR) is 71.9 cm³/mol. The van der Waals surface area contributed by atoms with Crippen LogP contribution in [-0.4, -0.2) is 15.9 Å². The van der Waals surface area contributed by atoms with Gasteiger partial charge in [0.05, 0.1) is 24.2 Å². The number of benzene rings is 1. The van der Waals surface area contributed by atoms with Gasteiger partial charge in [0.1, 0.15) is 0 Å². The smallest absolute Gasteiger partial charge is 0.158 e. The lowest BCUT2D eigenvalue weighted by Crippen LogP contribution is -2.10. The minimum absolute atomic E-state index is 0.0279. The fourth-order valence-corrected chi connectivity index (χ4v) is 1.85. The number of hydrogen-bond donors (Lipinski definition) is 1. The molecular weight excluding hydrogens is 226 g/mol. The summed E-state index contributed by atoms with van der Waals surface area (Å²) in [5.41, 5.74) is 8.03. The molecule has 0 aliphatic heterocycles. The predicted octanol–water partition coefficient (Wildman–Crippen LogP) is 2.68. The first-order valence-electron chi connectivity index (χ1n) is 6.14. The lowest BCUT2D eigenvalue weighted by molar-refractivity contribution is 0.242. The van der Waals surface area contributed by atoms with Crippen molar-refractivity contribution < 1.29 is 4.74 Å². The molecule has 0 saturated heterocycles.